The van der Waals surface area contributed by atoms with Crippen molar-refractivity contribution in [2.75, 3.05) is 27.2 Å². The summed E-state index contributed by atoms with van der Waals surface area (Å²) in [5.74, 6) is 0.246. The van der Waals surface area contributed by atoms with Crippen LogP contribution in [-0.4, -0.2) is 55.0 Å². The smallest absolute Gasteiger partial charge is 0.224 e. The van der Waals surface area contributed by atoms with Crippen molar-refractivity contribution in [1.82, 2.24) is 9.80 Å². The number of nitrogens with zero attached hydrogens (tertiary/aromatic N) is 2. The van der Waals surface area contributed by atoms with Gasteiger partial charge in [0.05, 0.1) is 0 Å². The van der Waals surface area contributed by atoms with Crippen LogP contribution >= 0.6 is 0 Å². The van der Waals surface area contributed by atoms with Gasteiger partial charge in [0.1, 0.15) is 0 Å². The highest BCUT2D eigenvalue weighted by atomic mass is 16.2. The summed E-state index contributed by atoms with van der Waals surface area (Å²) in [4.78, 5) is 16.3. The molecule has 2 atom stereocenters. The first-order valence-electron chi connectivity index (χ1n) is 6.74. The number of hydrogen-bond donors (Lipinski definition) is 1. The highest BCUT2D eigenvalue weighted by molar-refractivity contribution is 5.77. The summed E-state index contributed by atoms with van der Waals surface area (Å²) in [6, 6.07) is 0.430. The SMILES string of the molecule is CCCC(N)CC(=O)N1CCCC1CN(C)C. The van der Waals surface area contributed by atoms with Gasteiger partial charge in [-0.05, 0) is 33.4 Å². The number of amides is 1. The van der Waals surface area contributed by atoms with Gasteiger partial charge in [-0.1, -0.05) is 13.3 Å². The summed E-state index contributed by atoms with van der Waals surface area (Å²) in [6.45, 7) is 3.99. The van der Waals surface area contributed by atoms with E-state index in [4.69, 9.17) is 5.73 Å². The van der Waals surface area contributed by atoms with Gasteiger partial charge in [-0.15, -0.1) is 0 Å². The lowest BCUT2D eigenvalue weighted by Gasteiger charge is -2.28. The van der Waals surface area contributed by atoms with Crippen LogP contribution in [0, 0.1) is 0 Å². The Labute approximate surface area is 105 Å². The maximum Gasteiger partial charge on any atom is 0.224 e. The Kier molecular flexibility index (Phi) is 5.92. The van der Waals surface area contributed by atoms with E-state index in [1.165, 1.54) is 0 Å². The Morgan fingerprint density at radius 1 is 1.53 bits per heavy atom. The van der Waals surface area contributed by atoms with E-state index in [9.17, 15) is 4.79 Å². The molecule has 0 aliphatic carbocycles. The second kappa shape index (κ2) is 6.97. The molecule has 100 valence electrons. The quantitative estimate of drug-likeness (QED) is 0.756. The van der Waals surface area contributed by atoms with Gasteiger partial charge in [0.2, 0.25) is 5.91 Å². The summed E-state index contributed by atoms with van der Waals surface area (Å²) < 4.78 is 0. The Balaban J connectivity index is 2.44. The average molecular weight is 241 g/mol. The van der Waals surface area contributed by atoms with E-state index >= 15 is 0 Å². The maximum atomic E-state index is 12.1. The fraction of sp³-hybridized carbons (Fsp3) is 0.923. The van der Waals surface area contributed by atoms with Gasteiger partial charge in [-0.2, -0.15) is 0 Å². The molecule has 1 aliphatic rings. The summed E-state index contributed by atoms with van der Waals surface area (Å²) in [7, 11) is 4.12. The minimum Gasteiger partial charge on any atom is -0.338 e. The van der Waals surface area contributed by atoms with Crippen LogP contribution in [0.1, 0.15) is 39.0 Å². The molecule has 1 rings (SSSR count). The van der Waals surface area contributed by atoms with Crippen molar-refractivity contribution < 1.29 is 4.79 Å². The number of rotatable bonds is 6. The summed E-state index contributed by atoms with van der Waals surface area (Å²) in [5, 5.41) is 0. The molecule has 1 fully saturated rings. The lowest BCUT2D eigenvalue weighted by Crippen LogP contribution is -2.43. The molecule has 0 spiro atoms. The number of likely N-dealkylation sites (tertiary alicyclic amines) is 1. The standard InChI is InChI=1S/C13H27N3O/c1-4-6-11(14)9-13(17)16-8-5-7-12(16)10-15(2)3/h11-12H,4-10,14H2,1-3H3. The molecular formula is C13H27N3O. The van der Waals surface area contributed by atoms with E-state index in [0.717, 1.165) is 38.8 Å². The van der Waals surface area contributed by atoms with Crippen molar-refractivity contribution in [3.05, 3.63) is 0 Å². The van der Waals surface area contributed by atoms with Crippen molar-refractivity contribution in [3.63, 3.8) is 0 Å². The summed E-state index contributed by atoms with van der Waals surface area (Å²) >= 11 is 0. The van der Waals surface area contributed by atoms with Gasteiger partial charge in [0.25, 0.3) is 0 Å². The Morgan fingerprint density at radius 3 is 2.82 bits per heavy atom. The minimum absolute atomic E-state index is 0.0353. The molecule has 1 saturated heterocycles. The van der Waals surface area contributed by atoms with Crippen LogP contribution < -0.4 is 5.73 Å². The average Bonchev–Trinajstić information content (AvgIpc) is 2.65. The first kappa shape index (κ1) is 14.5. The van der Waals surface area contributed by atoms with E-state index in [0.29, 0.717) is 12.5 Å². The van der Waals surface area contributed by atoms with E-state index < -0.39 is 0 Å². The molecular weight excluding hydrogens is 214 g/mol. The maximum absolute atomic E-state index is 12.1. The van der Waals surface area contributed by atoms with Crippen molar-refractivity contribution in [3.8, 4) is 0 Å². The first-order chi connectivity index (χ1) is 8.04. The van der Waals surface area contributed by atoms with Crippen LogP contribution in [0.3, 0.4) is 0 Å². The van der Waals surface area contributed by atoms with Crippen LogP contribution in [0.25, 0.3) is 0 Å². The van der Waals surface area contributed by atoms with Gasteiger partial charge in [0, 0.05) is 31.6 Å². The lowest BCUT2D eigenvalue weighted by atomic mass is 10.1. The van der Waals surface area contributed by atoms with Gasteiger partial charge in [-0.25, -0.2) is 0 Å². The third kappa shape index (κ3) is 4.64. The highest BCUT2D eigenvalue weighted by Gasteiger charge is 2.29. The summed E-state index contributed by atoms with van der Waals surface area (Å²) in [5.41, 5.74) is 5.94. The fourth-order valence-electron chi connectivity index (χ4n) is 2.59. The third-order valence-corrected chi connectivity index (χ3v) is 3.37. The molecule has 4 heteroatoms. The van der Waals surface area contributed by atoms with Crippen LogP contribution in [-0.2, 0) is 4.79 Å². The second-order valence-electron chi connectivity index (χ2n) is 5.40. The number of carbonyl (C=O) groups excluding carboxylic acids is 1. The Morgan fingerprint density at radius 2 is 2.24 bits per heavy atom. The fourth-order valence-corrected chi connectivity index (χ4v) is 2.59. The third-order valence-electron chi connectivity index (χ3n) is 3.37. The van der Waals surface area contributed by atoms with Crippen molar-refractivity contribution in [1.29, 1.82) is 0 Å². The number of hydrogen-bond acceptors (Lipinski definition) is 3. The molecule has 0 aromatic carbocycles. The normalized spacial score (nSPS) is 22.2. The molecule has 17 heavy (non-hydrogen) atoms. The molecule has 1 heterocycles. The van der Waals surface area contributed by atoms with Crippen molar-refractivity contribution >= 4 is 5.91 Å². The number of carbonyl (C=O) groups is 1. The molecule has 2 unspecified atom stereocenters. The highest BCUT2D eigenvalue weighted by Crippen LogP contribution is 2.19. The molecule has 0 aromatic heterocycles. The van der Waals surface area contributed by atoms with Crippen molar-refractivity contribution in [2.24, 2.45) is 5.73 Å². The van der Waals surface area contributed by atoms with Crippen LogP contribution in [0.2, 0.25) is 0 Å². The van der Waals surface area contributed by atoms with E-state index in [1.54, 1.807) is 0 Å². The zero-order chi connectivity index (χ0) is 12.8. The molecule has 0 radical (unpaired) electrons. The molecule has 2 N–H and O–H groups in total. The second-order valence-corrected chi connectivity index (χ2v) is 5.40. The predicted octanol–water partition coefficient (Wildman–Crippen LogP) is 1.06. The van der Waals surface area contributed by atoms with Crippen LogP contribution in [0.15, 0.2) is 0 Å². The molecule has 0 aromatic rings. The first-order valence-corrected chi connectivity index (χ1v) is 6.74. The van der Waals surface area contributed by atoms with Gasteiger partial charge in [0.15, 0.2) is 0 Å². The molecule has 4 nitrogen and oxygen atoms in total. The van der Waals surface area contributed by atoms with E-state index in [-0.39, 0.29) is 11.9 Å². The molecule has 0 saturated carbocycles. The van der Waals surface area contributed by atoms with Crippen LogP contribution in [0.5, 0.6) is 0 Å². The number of nitrogens with two attached hydrogens (primary N) is 1. The molecule has 1 aliphatic heterocycles. The molecule has 0 bridgehead atoms. The predicted molar refractivity (Wildman–Crippen MR) is 70.8 cm³/mol. The lowest BCUT2D eigenvalue weighted by molar-refractivity contribution is -0.132. The van der Waals surface area contributed by atoms with E-state index in [1.807, 2.05) is 4.90 Å². The Bertz CT molecular complexity index is 243. The number of likely N-dealkylation sites (N-methyl/N-ethyl adjacent to an activating group) is 1. The van der Waals surface area contributed by atoms with E-state index in [2.05, 4.69) is 25.9 Å². The zero-order valence-corrected chi connectivity index (χ0v) is 11.5. The van der Waals surface area contributed by atoms with Gasteiger partial charge < -0.3 is 15.5 Å². The zero-order valence-electron chi connectivity index (χ0n) is 11.5. The molecule has 1 amide bonds. The largest absolute Gasteiger partial charge is 0.338 e. The van der Waals surface area contributed by atoms with Crippen LogP contribution in [0.4, 0.5) is 0 Å². The minimum atomic E-state index is 0.0353. The summed E-state index contributed by atoms with van der Waals surface area (Å²) in [6.07, 6.45) is 4.77. The van der Waals surface area contributed by atoms with Crippen molar-refractivity contribution in [2.45, 2.75) is 51.1 Å². The van der Waals surface area contributed by atoms with Gasteiger partial charge >= 0.3 is 0 Å². The van der Waals surface area contributed by atoms with Gasteiger partial charge in [-0.3, -0.25) is 4.79 Å². The monoisotopic (exact) mass is 241 g/mol. The topological polar surface area (TPSA) is 49.6 Å². The Hall–Kier alpha value is -0.610.